The Bertz CT molecular complexity index is 302. The molecule has 0 saturated heterocycles. The molecule has 0 aromatic heterocycles. The van der Waals surface area contributed by atoms with Crippen LogP contribution >= 0.6 is 15.9 Å². The van der Waals surface area contributed by atoms with Crippen LogP contribution in [-0.4, -0.2) is 10.9 Å². The first-order valence-corrected chi connectivity index (χ1v) is 4.24. The molecule has 1 unspecified atom stereocenters. The summed E-state index contributed by atoms with van der Waals surface area (Å²) in [7, 11) is 0. The minimum absolute atomic E-state index is 0.674. The molecule has 1 aliphatic rings. The van der Waals surface area contributed by atoms with Crippen molar-refractivity contribution >= 4 is 27.9 Å². The second-order valence-corrected chi connectivity index (χ2v) is 3.66. The summed E-state index contributed by atoms with van der Waals surface area (Å²) in [4.78, 5) is 10.6. The minimum Gasteiger partial charge on any atom is -0.449 e. The Morgan fingerprint density at radius 1 is 1.50 bits per heavy atom. The SMILES string of the molecule is O=CC1(Br)Nc2ccccc2O1. The molecular formula is C8H6BrNO2. The zero-order chi connectivity index (χ0) is 8.60. The number of carbonyl (C=O) groups excluding carboxylic acids is 1. The Hall–Kier alpha value is -1.03. The Labute approximate surface area is 77.8 Å². The topological polar surface area (TPSA) is 38.3 Å². The van der Waals surface area contributed by atoms with Gasteiger partial charge < -0.3 is 10.1 Å². The molecule has 1 aromatic rings. The highest BCUT2D eigenvalue weighted by Crippen LogP contribution is 2.37. The van der Waals surface area contributed by atoms with Crippen molar-refractivity contribution < 1.29 is 9.53 Å². The second kappa shape index (κ2) is 2.48. The molecule has 0 radical (unpaired) electrons. The van der Waals surface area contributed by atoms with E-state index in [1.807, 2.05) is 18.2 Å². The average Bonchev–Trinajstić information content (AvgIpc) is 2.42. The van der Waals surface area contributed by atoms with E-state index in [1.54, 1.807) is 6.07 Å². The molecule has 0 aliphatic carbocycles. The van der Waals surface area contributed by atoms with Gasteiger partial charge in [-0.2, -0.15) is 0 Å². The maximum Gasteiger partial charge on any atom is 0.294 e. The van der Waals surface area contributed by atoms with E-state index >= 15 is 0 Å². The smallest absolute Gasteiger partial charge is 0.294 e. The molecule has 1 atom stereocenters. The van der Waals surface area contributed by atoms with Gasteiger partial charge in [0.15, 0.2) is 6.29 Å². The third-order valence-electron chi connectivity index (χ3n) is 1.60. The highest BCUT2D eigenvalue weighted by atomic mass is 79.9. The summed E-state index contributed by atoms with van der Waals surface area (Å²) in [5.41, 5.74) is 0.821. The van der Waals surface area contributed by atoms with Crippen molar-refractivity contribution in [3.8, 4) is 5.75 Å². The Kier molecular flexibility index (Phi) is 1.58. The summed E-state index contributed by atoms with van der Waals surface area (Å²) >= 11 is 3.12. The number of carbonyl (C=O) groups is 1. The van der Waals surface area contributed by atoms with Crippen molar-refractivity contribution in [2.24, 2.45) is 0 Å². The summed E-state index contributed by atoms with van der Waals surface area (Å²) < 4.78 is 4.21. The zero-order valence-corrected chi connectivity index (χ0v) is 7.67. The van der Waals surface area contributed by atoms with Gasteiger partial charge in [0.25, 0.3) is 4.63 Å². The van der Waals surface area contributed by atoms with Gasteiger partial charge in [0.2, 0.25) is 0 Å². The first-order valence-electron chi connectivity index (χ1n) is 3.45. The molecule has 2 rings (SSSR count). The maximum absolute atomic E-state index is 10.6. The van der Waals surface area contributed by atoms with Gasteiger partial charge in [0.05, 0.1) is 5.69 Å². The number of anilines is 1. The van der Waals surface area contributed by atoms with Crippen molar-refractivity contribution in [2.75, 3.05) is 5.32 Å². The lowest BCUT2D eigenvalue weighted by Crippen LogP contribution is -2.34. The van der Waals surface area contributed by atoms with Crippen LogP contribution in [0.1, 0.15) is 0 Å². The second-order valence-electron chi connectivity index (χ2n) is 2.49. The van der Waals surface area contributed by atoms with Crippen LogP contribution in [0.3, 0.4) is 0 Å². The zero-order valence-electron chi connectivity index (χ0n) is 6.08. The van der Waals surface area contributed by atoms with Gasteiger partial charge in [-0.25, -0.2) is 0 Å². The van der Waals surface area contributed by atoms with Crippen LogP contribution in [0.15, 0.2) is 24.3 Å². The summed E-state index contributed by atoms with van der Waals surface area (Å²) in [6.07, 6.45) is 0.674. The number of nitrogens with one attached hydrogen (secondary N) is 1. The molecule has 0 bridgehead atoms. The third-order valence-corrected chi connectivity index (χ3v) is 2.15. The lowest BCUT2D eigenvalue weighted by molar-refractivity contribution is -0.113. The first kappa shape index (κ1) is 7.61. The van der Waals surface area contributed by atoms with Gasteiger partial charge in [0.1, 0.15) is 5.75 Å². The van der Waals surface area contributed by atoms with E-state index in [0.717, 1.165) is 5.69 Å². The Morgan fingerprint density at radius 2 is 2.25 bits per heavy atom. The molecule has 4 heteroatoms. The molecule has 62 valence electrons. The van der Waals surface area contributed by atoms with E-state index < -0.39 is 4.63 Å². The lowest BCUT2D eigenvalue weighted by atomic mass is 10.3. The van der Waals surface area contributed by atoms with Crippen LogP contribution in [-0.2, 0) is 4.79 Å². The Morgan fingerprint density at radius 3 is 2.92 bits per heavy atom. The van der Waals surface area contributed by atoms with Gasteiger partial charge in [-0.15, -0.1) is 0 Å². The molecule has 1 aromatic carbocycles. The fraction of sp³-hybridized carbons (Fsp3) is 0.125. The van der Waals surface area contributed by atoms with Gasteiger partial charge in [-0.1, -0.05) is 12.1 Å². The summed E-state index contributed by atoms with van der Waals surface area (Å²) in [5, 5.41) is 2.89. The van der Waals surface area contributed by atoms with Gasteiger partial charge >= 0.3 is 0 Å². The molecular weight excluding hydrogens is 222 g/mol. The van der Waals surface area contributed by atoms with Crippen LogP contribution in [0, 0.1) is 0 Å². The van der Waals surface area contributed by atoms with E-state index in [2.05, 4.69) is 21.2 Å². The quantitative estimate of drug-likeness (QED) is 0.452. The number of alkyl halides is 1. The molecule has 1 aliphatic heterocycles. The van der Waals surface area contributed by atoms with Crippen molar-refractivity contribution in [1.82, 2.24) is 0 Å². The minimum atomic E-state index is -1.07. The van der Waals surface area contributed by atoms with Crippen molar-refractivity contribution in [2.45, 2.75) is 4.63 Å². The number of halogens is 1. The van der Waals surface area contributed by atoms with Crippen LogP contribution in [0.5, 0.6) is 5.75 Å². The standard InChI is InChI=1S/C8H6BrNO2/c9-8(5-11)10-6-3-1-2-4-7(6)12-8/h1-5,10H. The number of hydrogen-bond acceptors (Lipinski definition) is 3. The number of benzene rings is 1. The highest BCUT2D eigenvalue weighted by molar-refractivity contribution is 9.10. The van der Waals surface area contributed by atoms with Crippen molar-refractivity contribution in [3.05, 3.63) is 24.3 Å². The molecule has 0 saturated carbocycles. The summed E-state index contributed by atoms with van der Waals surface area (Å²) in [6, 6.07) is 7.37. The summed E-state index contributed by atoms with van der Waals surface area (Å²) in [5.74, 6) is 0.682. The molecule has 1 N–H and O–H groups in total. The number of hydrogen-bond donors (Lipinski definition) is 1. The van der Waals surface area contributed by atoms with Crippen molar-refractivity contribution in [1.29, 1.82) is 0 Å². The van der Waals surface area contributed by atoms with E-state index in [9.17, 15) is 4.79 Å². The first-order chi connectivity index (χ1) is 5.73. The van der Waals surface area contributed by atoms with Gasteiger partial charge in [-0.05, 0) is 28.1 Å². The molecule has 12 heavy (non-hydrogen) atoms. The lowest BCUT2D eigenvalue weighted by Gasteiger charge is -2.13. The molecule has 1 heterocycles. The number of ether oxygens (including phenoxy) is 1. The monoisotopic (exact) mass is 227 g/mol. The van der Waals surface area contributed by atoms with Crippen molar-refractivity contribution in [3.63, 3.8) is 0 Å². The van der Waals surface area contributed by atoms with Gasteiger partial charge in [0, 0.05) is 0 Å². The normalized spacial score (nSPS) is 25.4. The van der Waals surface area contributed by atoms with Crippen LogP contribution in [0.4, 0.5) is 5.69 Å². The maximum atomic E-state index is 10.6. The molecule has 3 nitrogen and oxygen atoms in total. The summed E-state index contributed by atoms with van der Waals surface area (Å²) in [6.45, 7) is 0. The number of para-hydroxylation sites is 2. The Balaban J connectivity index is 2.39. The molecule has 0 amide bonds. The van der Waals surface area contributed by atoms with E-state index in [4.69, 9.17) is 4.74 Å². The van der Waals surface area contributed by atoms with E-state index in [-0.39, 0.29) is 0 Å². The molecule has 0 fully saturated rings. The predicted octanol–water partition coefficient (Wildman–Crippen LogP) is 1.74. The van der Waals surface area contributed by atoms with Gasteiger partial charge in [-0.3, -0.25) is 4.79 Å². The number of fused-ring (bicyclic) bond motifs is 1. The van der Waals surface area contributed by atoms with E-state index in [0.29, 0.717) is 12.0 Å². The van der Waals surface area contributed by atoms with Crippen LogP contribution in [0.25, 0.3) is 0 Å². The van der Waals surface area contributed by atoms with Crippen LogP contribution in [0.2, 0.25) is 0 Å². The number of aldehydes is 1. The highest BCUT2D eigenvalue weighted by Gasteiger charge is 2.35. The third kappa shape index (κ3) is 1.08. The largest absolute Gasteiger partial charge is 0.449 e. The number of rotatable bonds is 1. The average molecular weight is 228 g/mol. The van der Waals surface area contributed by atoms with E-state index in [1.165, 1.54) is 0 Å². The predicted molar refractivity (Wildman–Crippen MR) is 48.4 cm³/mol. The van der Waals surface area contributed by atoms with Crippen LogP contribution < -0.4 is 10.1 Å². The fourth-order valence-corrected chi connectivity index (χ4v) is 1.47. The fourth-order valence-electron chi connectivity index (χ4n) is 1.08. The molecule has 0 spiro atoms.